The van der Waals surface area contributed by atoms with Gasteiger partial charge in [-0.15, -0.1) is 0 Å². The molecule has 0 unspecified atom stereocenters. The fraction of sp³-hybridized carbons (Fsp3) is 0.611. The van der Waals surface area contributed by atoms with Gasteiger partial charge in [-0.05, 0) is 50.7 Å². The quantitative estimate of drug-likeness (QED) is 0.858. The zero-order chi connectivity index (χ0) is 16.0. The highest BCUT2D eigenvalue weighted by molar-refractivity contribution is 5.94. The minimum absolute atomic E-state index is 0.0609. The molecule has 122 valence electrons. The molecular formula is C18H23N3O2. The van der Waals surface area contributed by atoms with Crippen LogP contribution in [0.25, 0.3) is 0 Å². The maximum absolute atomic E-state index is 12.8. The lowest BCUT2D eigenvalue weighted by Crippen LogP contribution is -2.53. The smallest absolute Gasteiger partial charge is 0.255 e. The highest BCUT2D eigenvalue weighted by Crippen LogP contribution is 2.36. The van der Waals surface area contributed by atoms with Crippen molar-refractivity contribution in [2.75, 3.05) is 13.1 Å². The van der Waals surface area contributed by atoms with Crippen molar-refractivity contribution in [2.24, 2.45) is 5.92 Å². The van der Waals surface area contributed by atoms with Crippen molar-refractivity contribution < 1.29 is 9.59 Å². The van der Waals surface area contributed by atoms with Crippen LogP contribution < -0.4 is 0 Å². The van der Waals surface area contributed by atoms with E-state index in [2.05, 4.69) is 9.88 Å². The van der Waals surface area contributed by atoms with Crippen molar-refractivity contribution in [1.82, 2.24) is 14.8 Å². The summed E-state index contributed by atoms with van der Waals surface area (Å²) in [5.41, 5.74) is 1.57. The Bertz CT molecular complexity index is 624. The molecule has 0 aromatic carbocycles. The monoisotopic (exact) mass is 313 g/mol. The summed E-state index contributed by atoms with van der Waals surface area (Å²) in [6.45, 7) is 3.56. The predicted molar refractivity (Wildman–Crippen MR) is 85.9 cm³/mol. The first kappa shape index (κ1) is 14.7. The number of pyridine rings is 1. The molecule has 1 aromatic heterocycles. The van der Waals surface area contributed by atoms with Gasteiger partial charge in [-0.2, -0.15) is 0 Å². The molecule has 0 spiro atoms. The van der Waals surface area contributed by atoms with E-state index < -0.39 is 0 Å². The van der Waals surface area contributed by atoms with Crippen molar-refractivity contribution >= 4 is 11.8 Å². The number of carbonyl (C=O) groups excluding carboxylic acids is 2. The number of likely N-dealkylation sites (tertiary alicyclic amines) is 2. The number of aryl methyl sites for hydroxylation is 1. The molecule has 1 aromatic rings. The Morgan fingerprint density at radius 2 is 2.04 bits per heavy atom. The number of amides is 2. The fourth-order valence-electron chi connectivity index (χ4n) is 3.98. The number of aromatic nitrogens is 1. The topological polar surface area (TPSA) is 53.5 Å². The van der Waals surface area contributed by atoms with Gasteiger partial charge in [-0.1, -0.05) is 0 Å². The summed E-state index contributed by atoms with van der Waals surface area (Å²) in [5, 5.41) is 0. The first-order valence-corrected chi connectivity index (χ1v) is 8.66. The number of rotatable bonds is 3. The molecule has 1 aliphatic carbocycles. The molecule has 4 rings (SSSR count). The fourth-order valence-corrected chi connectivity index (χ4v) is 3.98. The molecule has 2 amide bonds. The van der Waals surface area contributed by atoms with Crippen LogP contribution in [0.15, 0.2) is 18.3 Å². The van der Waals surface area contributed by atoms with E-state index in [1.807, 2.05) is 24.0 Å². The number of fused-ring (bicyclic) bond motifs is 1. The molecule has 3 heterocycles. The van der Waals surface area contributed by atoms with Crippen LogP contribution in [0.1, 0.15) is 48.2 Å². The van der Waals surface area contributed by atoms with Crippen LogP contribution in [0.4, 0.5) is 0 Å². The van der Waals surface area contributed by atoms with Crippen molar-refractivity contribution in [3.8, 4) is 0 Å². The van der Waals surface area contributed by atoms with E-state index in [1.165, 1.54) is 12.8 Å². The van der Waals surface area contributed by atoms with E-state index in [0.717, 1.165) is 31.6 Å². The molecule has 0 N–H and O–H groups in total. The van der Waals surface area contributed by atoms with Crippen LogP contribution in [0.3, 0.4) is 0 Å². The number of hydrogen-bond acceptors (Lipinski definition) is 3. The van der Waals surface area contributed by atoms with Gasteiger partial charge in [0.1, 0.15) is 0 Å². The normalized spacial score (nSPS) is 27.3. The number of hydrogen-bond donors (Lipinski definition) is 0. The summed E-state index contributed by atoms with van der Waals surface area (Å²) in [7, 11) is 0. The average molecular weight is 313 g/mol. The Morgan fingerprint density at radius 1 is 1.22 bits per heavy atom. The lowest BCUT2D eigenvalue weighted by molar-refractivity contribution is -0.137. The van der Waals surface area contributed by atoms with Gasteiger partial charge in [0.15, 0.2) is 0 Å². The van der Waals surface area contributed by atoms with E-state index in [4.69, 9.17) is 0 Å². The van der Waals surface area contributed by atoms with Gasteiger partial charge in [0, 0.05) is 31.4 Å². The van der Waals surface area contributed by atoms with E-state index in [-0.39, 0.29) is 23.9 Å². The third kappa shape index (κ3) is 2.73. The third-order valence-corrected chi connectivity index (χ3v) is 5.46. The molecule has 3 fully saturated rings. The number of piperidine rings is 1. The van der Waals surface area contributed by atoms with Gasteiger partial charge in [0.2, 0.25) is 5.91 Å². The van der Waals surface area contributed by atoms with Crippen molar-refractivity contribution in [3.05, 3.63) is 29.6 Å². The Kier molecular flexibility index (Phi) is 3.58. The van der Waals surface area contributed by atoms with Gasteiger partial charge in [-0.25, -0.2) is 0 Å². The molecule has 0 radical (unpaired) electrons. The molecule has 0 bridgehead atoms. The largest absolute Gasteiger partial charge is 0.337 e. The summed E-state index contributed by atoms with van der Waals surface area (Å²) >= 11 is 0. The highest BCUT2D eigenvalue weighted by atomic mass is 16.2. The minimum Gasteiger partial charge on any atom is -0.337 e. The van der Waals surface area contributed by atoms with Crippen molar-refractivity contribution in [3.63, 3.8) is 0 Å². The maximum Gasteiger partial charge on any atom is 0.255 e. The summed E-state index contributed by atoms with van der Waals surface area (Å²) in [5.74, 6) is 1.04. The predicted octanol–water partition coefficient (Wildman–Crippen LogP) is 2.01. The lowest BCUT2D eigenvalue weighted by atomic mass is 9.95. The molecule has 23 heavy (non-hydrogen) atoms. The SMILES string of the molecule is Cc1ccc(C(=O)N2CC[C@@H]3[C@H]2CCC(=O)N3CC2CC2)cn1. The van der Waals surface area contributed by atoms with E-state index in [0.29, 0.717) is 17.9 Å². The highest BCUT2D eigenvalue weighted by Gasteiger charge is 2.46. The molecule has 2 saturated heterocycles. The van der Waals surface area contributed by atoms with Gasteiger partial charge in [0.25, 0.3) is 5.91 Å². The molecule has 5 heteroatoms. The maximum atomic E-state index is 12.8. The van der Waals surface area contributed by atoms with Crippen molar-refractivity contribution in [1.29, 1.82) is 0 Å². The van der Waals surface area contributed by atoms with Crippen LogP contribution in [-0.4, -0.2) is 51.8 Å². The van der Waals surface area contributed by atoms with E-state index in [1.54, 1.807) is 6.20 Å². The average Bonchev–Trinajstić information content (AvgIpc) is 3.27. The van der Waals surface area contributed by atoms with Gasteiger partial charge in [0.05, 0.1) is 17.6 Å². The van der Waals surface area contributed by atoms with Gasteiger partial charge in [-0.3, -0.25) is 14.6 Å². The Balaban J connectivity index is 1.52. The second kappa shape index (κ2) is 5.62. The first-order valence-electron chi connectivity index (χ1n) is 8.66. The zero-order valence-corrected chi connectivity index (χ0v) is 13.6. The van der Waals surface area contributed by atoms with Crippen LogP contribution in [0.2, 0.25) is 0 Å². The summed E-state index contributed by atoms with van der Waals surface area (Å²) < 4.78 is 0. The Labute approximate surface area is 136 Å². The van der Waals surface area contributed by atoms with Gasteiger partial charge >= 0.3 is 0 Å². The Hall–Kier alpha value is -1.91. The molecule has 5 nitrogen and oxygen atoms in total. The summed E-state index contributed by atoms with van der Waals surface area (Å²) in [6.07, 6.45) is 6.45. The number of carbonyl (C=O) groups is 2. The van der Waals surface area contributed by atoms with Gasteiger partial charge < -0.3 is 9.80 Å². The van der Waals surface area contributed by atoms with Crippen LogP contribution >= 0.6 is 0 Å². The van der Waals surface area contributed by atoms with Crippen LogP contribution in [0, 0.1) is 12.8 Å². The molecule has 1 saturated carbocycles. The second-order valence-corrected chi connectivity index (χ2v) is 7.14. The summed E-state index contributed by atoms with van der Waals surface area (Å²) in [6, 6.07) is 4.14. The first-order chi connectivity index (χ1) is 11.1. The second-order valence-electron chi connectivity index (χ2n) is 7.14. The standard InChI is InChI=1S/C18H23N3O2/c1-12-2-5-14(10-19-12)18(23)20-9-8-16-15(20)6-7-17(22)21(16)11-13-3-4-13/h2,5,10,13,15-16H,3-4,6-9,11H2,1H3/t15-,16-/m1/s1. The molecule has 2 atom stereocenters. The molecule has 2 aliphatic heterocycles. The van der Waals surface area contributed by atoms with Crippen LogP contribution in [0.5, 0.6) is 0 Å². The summed E-state index contributed by atoms with van der Waals surface area (Å²) in [4.78, 5) is 33.4. The number of nitrogens with zero attached hydrogens (tertiary/aromatic N) is 3. The van der Waals surface area contributed by atoms with Crippen LogP contribution in [-0.2, 0) is 4.79 Å². The van der Waals surface area contributed by atoms with E-state index in [9.17, 15) is 9.59 Å². The van der Waals surface area contributed by atoms with Crippen molar-refractivity contribution in [2.45, 2.75) is 51.1 Å². The molecular weight excluding hydrogens is 290 g/mol. The lowest BCUT2D eigenvalue weighted by Gasteiger charge is -2.39. The third-order valence-electron chi connectivity index (χ3n) is 5.46. The Morgan fingerprint density at radius 3 is 2.74 bits per heavy atom. The molecule has 3 aliphatic rings. The minimum atomic E-state index is 0.0609. The zero-order valence-electron chi connectivity index (χ0n) is 13.6. The van der Waals surface area contributed by atoms with E-state index >= 15 is 0 Å².